The van der Waals surface area contributed by atoms with Gasteiger partial charge in [-0.25, -0.2) is 0 Å². The van der Waals surface area contributed by atoms with Crippen molar-refractivity contribution < 1.29 is 9.90 Å². The fourth-order valence-electron chi connectivity index (χ4n) is 0.889. The first kappa shape index (κ1) is 7.22. The van der Waals surface area contributed by atoms with Crippen LogP contribution in [0.2, 0.25) is 0 Å². The predicted molar refractivity (Wildman–Crippen MR) is 38.5 cm³/mol. The lowest BCUT2D eigenvalue weighted by Crippen LogP contribution is -2.12. The maximum Gasteiger partial charge on any atom is 0.146 e. The molecule has 1 N–H and O–H groups in total. The minimum Gasteiger partial charge on any atom is -0.388 e. The Kier molecular flexibility index (Phi) is 2.02. The first-order valence-corrected chi connectivity index (χ1v) is 3.24. The van der Waals surface area contributed by atoms with E-state index in [0.717, 1.165) is 11.9 Å². The van der Waals surface area contributed by atoms with Gasteiger partial charge in [-0.15, -0.1) is 0 Å². The molecule has 1 aliphatic rings. The van der Waals surface area contributed by atoms with E-state index in [1.165, 1.54) is 0 Å². The molecule has 1 atom stereocenters. The molecule has 1 rings (SSSR count). The number of hydrogen-bond donors (Lipinski definition) is 1. The monoisotopic (exact) mass is 138 g/mol. The molecule has 0 saturated heterocycles. The average Bonchev–Trinajstić information content (AvgIpc) is 1.95. The van der Waals surface area contributed by atoms with Gasteiger partial charge in [0.25, 0.3) is 0 Å². The number of aliphatic hydroxyl groups is 1. The van der Waals surface area contributed by atoms with Gasteiger partial charge in [-0.2, -0.15) is 0 Å². The van der Waals surface area contributed by atoms with Crippen LogP contribution in [0.15, 0.2) is 23.3 Å². The molecule has 1 unspecified atom stereocenters. The van der Waals surface area contributed by atoms with E-state index in [1.807, 2.05) is 6.92 Å². The minimum atomic E-state index is -0.454. The van der Waals surface area contributed by atoms with Crippen LogP contribution in [0.25, 0.3) is 0 Å². The lowest BCUT2D eigenvalue weighted by Gasteiger charge is -2.13. The van der Waals surface area contributed by atoms with Crippen molar-refractivity contribution in [1.82, 2.24) is 0 Å². The molecular weight excluding hydrogens is 128 g/mol. The number of aliphatic hydroxyl groups excluding tert-OH is 1. The molecule has 0 heterocycles. The molecule has 0 spiro atoms. The van der Waals surface area contributed by atoms with Gasteiger partial charge in [-0.1, -0.05) is 12.2 Å². The fraction of sp³-hybridized carbons (Fsp3) is 0.375. The minimum absolute atomic E-state index is 0.454. The first-order chi connectivity index (χ1) is 4.74. The van der Waals surface area contributed by atoms with Gasteiger partial charge in [0.2, 0.25) is 0 Å². The van der Waals surface area contributed by atoms with Crippen LogP contribution in [0, 0.1) is 0 Å². The molecule has 54 valence electrons. The fourth-order valence-corrected chi connectivity index (χ4v) is 0.889. The molecule has 0 bridgehead atoms. The Bertz CT molecular complexity index is 201. The highest BCUT2D eigenvalue weighted by Crippen LogP contribution is 2.16. The summed E-state index contributed by atoms with van der Waals surface area (Å²) in [7, 11) is 0. The van der Waals surface area contributed by atoms with E-state index in [9.17, 15) is 9.90 Å². The van der Waals surface area contributed by atoms with E-state index in [1.54, 1.807) is 12.2 Å². The number of hydrogen-bond acceptors (Lipinski definition) is 2. The molecule has 2 heteroatoms. The summed E-state index contributed by atoms with van der Waals surface area (Å²) in [5.41, 5.74) is 1.59. The van der Waals surface area contributed by atoms with Crippen molar-refractivity contribution in [2.45, 2.75) is 19.4 Å². The van der Waals surface area contributed by atoms with Crippen LogP contribution in [0.4, 0.5) is 0 Å². The topological polar surface area (TPSA) is 37.3 Å². The van der Waals surface area contributed by atoms with E-state index in [4.69, 9.17) is 0 Å². The Morgan fingerprint density at radius 2 is 2.40 bits per heavy atom. The quantitative estimate of drug-likeness (QED) is 0.545. The van der Waals surface area contributed by atoms with E-state index >= 15 is 0 Å². The molecule has 2 nitrogen and oxygen atoms in total. The van der Waals surface area contributed by atoms with Gasteiger partial charge >= 0.3 is 0 Å². The maximum atomic E-state index is 10.2. The summed E-state index contributed by atoms with van der Waals surface area (Å²) >= 11 is 0. The van der Waals surface area contributed by atoms with Crippen LogP contribution in [0.3, 0.4) is 0 Å². The first-order valence-electron chi connectivity index (χ1n) is 3.24. The molecule has 0 aromatic rings. The van der Waals surface area contributed by atoms with Gasteiger partial charge in [-0.05, 0) is 18.1 Å². The third-order valence-electron chi connectivity index (χ3n) is 1.67. The van der Waals surface area contributed by atoms with Crippen molar-refractivity contribution in [2.24, 2.45) is 0 Å². The zero-order valence-electron chi connectivity index (χ0n) is 5.87. The van der Waals surface area contributed by atoms with Crippen LogP contribution in [0.5, 0.6) is 0 Å². The molecule has 0 amide bonds. The summed E-state index contributed by atoms with van der Waals surface area (Å²) in [5.74, 6) is 0. The van der Waals surface area contributed by atoms with Crippen molar-refractivity contribution in [3.63, 3.8) is 0 Å². The third kappa shape index (κ3) is 1.33. The van der Waals surface area contributed by atoms with Crippen LogP contribution in [-0.2, 0) is 4.79 Å². The largest absolute Gasteiger partial charge is 0.388 e. The van der Waals surface area contributed by atoms with Crippen molar-refractivity contribution in [1.29, 1.82) is 0 Å². The summed E-state index contributed by atoms with van der Waals surface area (Å²) in [6.07, 6.45) is 4.32. The molecule has 0 aliphatic heterocycles. The van der Waals surface area contributed by atoms with Gasteiger partial charge in [0.1, 0.15) is 6.29 Å². The lowest BCUT2D eigenvalue weighted by atomic mass is 9.98. The number of allylic oxidation sites excluding steroid dienone is 2. The molecule has 0 saturated carbocycles. The number of aldehydes is 1. The van der Waals surface area contributed by atoms with Gasteiger partial charge in [0.15, 0.2) is 0 Å². The normalized spacial score (nSPS) is 25.2. The van der Waals surface area contributed by atoms with Crippen LogP contribution in [-0.4, -0.2) is 17.5 Å². The Balaban J connectivity index is 2.78. The highest BCUT2D eigenvalue weighted by atomic mass is 16.3. The molecule has 1 aliphatic carbocycles. The Morgan fingerprint density at radius 3 is 2.90 bits per heavy atom. The second-order valence-corrected chi connectivity index (χ2v) is 2.49. The van der Waals surface area contributed by atoms with Crippen molar-refractivity contribution in [3.05, 3.63) is 23.3 Å². The summed E-state index contributed by atoms with van der Waals surface area (Å²) in [6, 6.07) is 0. The standard InChI is InChI=1S/C8H10O2/c1-6-2-3-7(5-9)4-8(6)10/h2-3,5,8,10H,4H2,1H3. The van der Waals surface area contributed by atoms with Crippen LogP contribution in [0.1, 0.15) is 13.3 Å². The maximum absolute atomic E-state index is 10.2. The molecule has 0 fully saturated rings. The van der Waals surface area contributed by atoms with Gasteiger partial charge in [0, 0.05) is 6.42 Å². The van der Waals surface area contributed by atoms with Gasteiger partial charge in [0.05, 0.1) is 6.10 Å². The molecule has 0 radical (unpaired) electrons. The summed E-state index contributed by atoms with van der Waals surface area (Å²) in [5, 5.41) is 9.21. The van der Waals surface area contributed by atoms with E-state index < -0.39 is 6.10 Å². The predicted octanol–water partition coefficient (Wildman–Crippen LogP) is 0.823. The number of carbonyl (C=O) groups is 1. The summed E-state index contributed by atoms with van der Waals surface area (Å²) < 4.78 is 0. The van der Waals surface area contributed by atoms with Crippen molar-refractivity contribution >= 4 is 6.29 Å². The van der Waals surface area contributed by atoms with Crippen molar-refractivity contribution in [2.75, 3.05) is 0 Å². The van der Waals surface area contributed by atoms with E-state index in [-0.39, 0.29) is 0 Å². The molecule has 0 aromatic carbocycles. The number of carbonyl (C=O) groups excluding carboxylic acids is 1. The SMILES string of the molecule is CC1=CC=C(C=O)CC1O. The van der Waals surface area contributed by atoms with Crippen LogP contribution >= 0.6 is 0 Å². The van der Waals surface area contributed by atoms with Gasteiger partial charge < -0.3 is 5.11 Å². The third-order valence-corrected chi connectivity index (χ3v) is 1.67. The van der Waals surface area contributed by atoms with E-state index in [0.29, 0.717) is 12.0 Å². The van der Waals surface area contributed by atoms with E-state index in [2.05, 4.69) is 0 Å². The number of rotatable bonds is 1. The molecule has 10 heavy (non-hydrogen) atoms. The Labute approximate surface area is 59.9 Å². The zero-order valence-corrected chi connectivity index (χ0v) is 5.87. The Morgan fingerprint density at radius 1 is 1.70 bits per heavy atom. The molecular formula is C8H10O2. The lowest BCUT2D eigenvalue weighted by molar-refractivity contribution is -0.105. The zero-order chi connectivity index (χ0) is 7.56. The highest BCUT2D eigenvalue weighted by molar-refractivity contribution is 5.74. The summed E-state index contributed by atoms with van der Waals surface area (Å²) in [6.45, 7) is 1.85. The summed E-state index contributed by atoms with van der Waals surface area (Å²) in [4.78, 5) is 10.2. The smallest absolute Gasteiger partial charge is 0.146 e. The second kappa shape index (κ2) is 2.80. The van der Waals surface area contributed by atoms with Gasteiger partial charge in [-0.3, -0.25) is 4.79 Å². The van der Waals surface area contributed by atoms with Crippen molar-refractivity contribution in [3.8, 4) is 0 Å². The highest BCUT2D eigenvalue weighted by Gasteiger charge is 2.11. The molecule has 0 aromatic heterocycles. The average molecular weight is 138 g/mol. The second-order valence-electron chi connectivity index (χ2n) is 2.49. The van der Waals surface area contributed by atoms with Crippen LogP contribution < -0.4 is 0 Å². The Hall–Kier alpha value is -0.890.